The molecule has 3 rings (SSSR count). The second-order valence-corrected chi connectivity index (χ2v) is 6.00. The Bertz CT molecular complexity index is 951. The maximum atomic E-state index is 13.0. The standard InChI is InChI=1S/C23H20O5/c1-26-19-14-13-18(15-20(19)27-2)23(25)28-22(17-11-7-4-8-12-17)21(24)16-9-5-3-6-10-16/h3-15,22H,1-2H3/t22-/m1/s1. The van der Waals surface area contributed by atoms with Gasteiger partial charge in [0.2, 0.25) is 5.78 Å². The number of methoxy groups -OCH3 is 2. The lowest BCUT2D eigenvalue weighted by Crippen LogP contribution is -2.20. The molecule has 28 heavy (non-hydrogen) atoms. The van der Waals surface area contributed by atoms with Crippen LogP contribution in [0.15, 0.2) is 78.9 Å². The molecule has 0 saturated carbocycles. The molecule has 0 heterocycles. The summed E-state index contributed by atoms with van der Waals surface area (Å²) < 4.78 is 16.0. The monoisotopic (exact) mass is 376 g/mol. The van der Waals surface area contributed by atoms with Gasteiger partial charge in [0.25, 0.3) is 0 Å². The number of hydrogen-bond acceptors (Lipinski definition) is 5. The summed E-state index contributed by atoms with van der Waals surface area (Å²) in [5.41, 5.74) is 1.33. The van der Waals surface area contributed by atoms with Gasteiger partial charge in [-0.3, -0.25) is 4.79 Å². The van der Waals surface area contributed by atoms with Crippen LogP contribution in [0.4, 0.5) is 0 Å². The van der Waals surface area contributed by atoms with Crippen molar-refractivity contribution in [2.75, 3.05) is 14.2 Å². The molecule has 0 saturated heterocycles. The second-order valence-electron chi connectivity index (χ2n) is 6.00. The van der Waals surface area contributed by atoms with Gasteiger partial charge in [-0.25, -0.2) is 4.79 Å². The fourth-order valence-electron chi connectivity index (χ4n) is 2.79. The van der Waals surface area contributed by atoms with Crippen LogP contribution in [0.25, 0.3) is 0 Å². The minimum atomic E-state index is -1.05. The Morgan fingerprint density at radius 2 is 1.32 bits per heavy atom. The van der Waals surface area contributed by atoms with Crippen LogP contribution in [0.1, 0.15) is 32.4 Å². The molecule has 0 unspecified atom stereocenters. The van der Waals surface area contributed by atoms with E-state index in [0.29, 0.717) is 22.6 Å². The number of hydrogen-bond donors (Lipinski definition) is 0. The number of benzene rings is 3. The topological polar surface area (TPSA) is 61.8 Å². The lowest BCUT2D eigenvalue weighted by Gasteiger charge is -2.18. The zero-order valence-corrected chi connectivity index (χ0v) is 15.6. The summed E-state index contributed by atoms with van der Waals surface area (Å²) in [4.78, 5) is 25.8. The minimum Gasteiger partial charge on any atom is -0.493 e. The largest absolute Gasteiger partial charge is 0.493 e. The summed E-state index contributed by atoms with van der Waals surface area (Å²) in [5, 5.41) is 0. The number of carbonyl (C=O) groups excluding carboxylic acids is 2. The molecule has 142 valence electrons. The van der Waals surface area contributed by atoms with Crippen molar-refractivity contribution in [2.24, 2.45) is 0 Å². The van der Waals surface area contributed by atoms with Crippen molar-refractivity contribution >= 4 is 11.8 Å². The predicted molar refractivity (Wildman–Crippen MR) is 105 cm³/mol. The molecule has 0 spiro atoms. The molecule has 0 bridgehead atoms. The number of rotatable bonds is 7. The first-order chi connectivity index (χ1) is 13.6. The van der Waals surface area contributed by atoms with Gasteiger partial charge >= 0.3 is 5.97 Å². The van der Waals surface area contributed by atoms with Gasteiger partial charge < -0.3 is 14.2 Å². The third kappa shape index (κ3) is 4.20. The number of Topliss-reactive ketones (excluding diaryl/α,β-unsaturated/α-hetero) is 1. The van der Waals surface area contributed by atoms with Crippen LogP contribution in [0.3, 0.4) is 0 Å². The smallest absolute Gasteiger partial charge is 0.339 e. The molecule has 0 aliphatic carbocycles. The molecule has 5 nitrogen and oxygen atoms in total. The molecule has 0 N–H and O–H groups in total. The van der Waals surface area contributed by atoms with Crippen molar-refractivity contribution in [1.29, 1.82) is 0 Å². The maximum Gasteiger partial charge on any atom is 0.339 e. The van der Waals surface area contributed by atoms with E-state index in [1.165, 1.54) is 20.3 Å². The summed E-state index contributed by atoms with van der Waals surface area (Å²) >= 11 is 0. The Morgan fingerprint density at radius 3 is 1.93 bits per heavy atom. The fraction of sp³-hybridized carbons (Fsp3) is 0.130. The summed E-state index contributed by atoms with van der Waals surface area (Å²) in [6.07, 6.45) is -1.05. The van der Waals surface area contributed by atoms with Crippen molar-refractivity contribution in [2.45, 2.75) is 6.10 Å². The third-order valence-electron chi connectivity index (χ3n) is 4.24. The normalized spacial score (nSPS) is 11.4. The zero-order chi connectivity index (χ0) is 19.9. The lowest BCUT2D eigenvalue weighted by molar-refractivity contribution is 0.0279. The Labute approximate surface area is 163 Å². The van der Waals surface area contributed by atoms with Crippen LogP contribution >= 0.6 is 0 Å². The van der Waals surface area contributed by atoms with E-state index in [1.807, 2.05) is 12.1 Å². The van der Waals surface area contributed by atoms with Crippen molar-refractivity contribution in [3.63, 3.8) is 0 Å². The fourth-order valence-corrected chi connectivity index (χ4v) is 2.79. The summed E-state index contributed by atoms with van der Waals surface area (Å²) in [5.74, 6) is -0.0127. The minimum absolute atomic E-state index is 0.263. The van der Waals surface area contributed by atoms with Gasteiger partial charge in [0.05, 0.1) is 19.8 Å². The number of esters is 1. The van der Waals surface area contributed by atoms with E-state index in [0.717, 1.165) is 0 Å². The van der Waals surface area contributed by atoms with Gasteiger partial charge in [0.15, 0.2) is 17.6 Å². The summed E-state index contributed by atoms with van der Waals surface area (Å²) in [6, 6.07) is 22.4. The van der Waals surface area contributed by atoms with Crippen molar-refractivity contribution in [3.8, 4) is 11.5 Å². The molecule has 3 aromatic rings. The van der Waals surface area contributed by atoms with Crippen molar-refractivity contribution in [3.05, 3.63) is 95.6 Å². The van der Waals surface area contributed by atoms with Crippen LogP contribution in [-0.2, 0) is 4.74 Å². The first-order valence-corrected chi connectivity index (χ1v) is 8.71. The number of carbonyl (C=O) groups is 2. The van der Waals surface area contributed by atoms with E-state index in [1.54, 1.807) is 60.7 Å². The first-order valence-electron chi connectivity index (χ1n) is 8.71. The van der Waals surface area contributed by atoms with Gasteiger partial charge in [-0.15, -0.1) is 0 Å². The number of ether oxygens (including phenoxy) is 3. The van der Waals surface area contributed by atoms with Crippen LogP contribution in [0.2, 0.25) is 0 Å². The Morgan fingerprint density at radius 1 is 0.714 bits per heavy atom. The van der Waals surface area contributed by atoms with E-state index in [9.17, 15) is 9.59 Å². The predicted octanol–water partition coefficient (Wildman–Crippen LogP) is 4.48. The molecule has 0 aromatic heterocycles. The van der Waals surface area contributed by atoms with Crippen molar-refractivity contribution in [1.82, 2.24) is 0 Å². The highest BCUT2D eigenvalue weighted by molar-refractivity contribution is 6.02. The summed E-state index contributed by atoms with van der Waals surface area (Å²) in [6.45, 7) is 0. The molecule has 0 fully saturated rings. The van der Waals surface area contributed by atoms with Crippen LogP contribution in [-0.4, -0.2) is 26.0 Å². The van der Waals surface area contributed by atoms with E-state index in [2.05, 4.69) is 0 Å². The first kappa shape index (κ1) is 19.2. The highest BCUT2D eigenvalue weighted by Gasteiger charge is 2.27. The van der Waals surface area contributed by atoms with E-state index in [4.69, 9.17) is 14.2 Å². The maximum absolute atomic E-state index is 13.0. The van der Waals surface area contributed by atoms with Gasteiger partial charge in [0.1, 0.15) is 0 Å². The van der Waals surface area contributed by atoms with Gasteiger partial charge in [0, 0.05) is 11.1 Å². The highest BCUT2D eigenvalue weighted by atomic mass is 16.5. The SMILES string of the molecule is COc1ccc(C(=O)O[C@@H](C(=O)c2ccccc2)c2ccccc2)cc1OC. The Kier molecular flexibility index (Phi) is 6.07. The van der Waals surface area contributed by atoms with Crippen LogP contribution < -0.4 is 9.47 Å². The molecule has 3 aromatic carbocycles. The van der Waals surface area contributed by atoms with Crippen LogP contribution in [0, 0.1) is 0 Å². The van der Waals surface area contributed by atoms with E-state index < -0.39 is 12.1 Å². The average molecular weight is 376 g/mol. The quantitative estimate of drug-likeness (QED) is 0.449. The Hall–Kier alpha value is -3.60. The molecule has 0 aliphatic heterocycles. The van der Waals surface area contributed by atoms with Gasteiger partial charge in [-0.1, -0.05) is 60.7 Å². The summed E-state index contributed by atoms with van der Waals surface area (Å²) in [7, 11) is 3.00. The molecular weight excluding hydrogens is 356 g/mol. The number of ketones is 1. The van der Waals surface area contributed by atoms with Gasteiger partial charge in [-0.05, 0) is 18.2 Å². The van der Waals surface area contributed by atoms with Crippen LogP contribution in [0.5, 0.6) is 11.5 Å². The molecule has 1 atom stereocenters. The second kappa shape index (κ2) is 8.86. The third-order valence-corrected chi connectivity index (χ3v) is 4.24. The lowest BCUT2D eigenvalue weighted by atomic mass is 9.99. The van der Waals surface area contributed by atoms with Gasteiger partial charge in [-0.2, -0.15) is 0 Å². The molecule has 0 aliphatic rings. The molecule has 0 radical (unpaired) electrons. The average Bonchev–Trinajstić information content (AvgIpc) is 2.77. The molecule has 0 amide bonds. The van der Waals surface area contributed by atoms with E-state index >= 15 is 0 Å². The van der Waals surface area contributed by atoms with Crippen molar-refractivity contribution < 1.29 is 23.8 Å². The van der Waals surface area contributed by atoms with E-state index in [-0.39, 0.29) is 11.3 Å². The molecular formula is C23H20O5. The zero-order valence-electron chi connectivity index (χ0n) is 15.6. The molecule has 5 heteroatoms. The highest BCUT2D eigenvalue weighted by Crippen LogP contribution is 2.29. The Balaban J connectivity index is 1.91.